The fourth-order valence-corrected chi connectivity index (χ4v) is 11.2. The molecule has 0 saturated carbocycles. The van der Waals surface area contributed by atoms with Crippen molar-refractivity contribution in [1.82, 2.24) is 4.57 Å². The zero-order chi connectivity index (χ0) is 40.9. The molecule has 0 unspecified atom stereocenters. The van der Waals surface area contributed by atoms with Crippen LogP contribution in [0.15, 0.2) is 211 Å². The van der Waals surface area contributed by atoms with Crippen LogP contribution in [0.1, 0.15) is 58.7 Å². The van der Waals surface area contributed by atoms with E-state index in [9.17, 15) is 0 Å². The van der Waals surface area contributed by atoms with Crippen LogP contribution in [0, 0.1) is 0 Å². The molecule has 3 heteroatoms. The number of ether oxygens (including phenoxy) is 1. The zero-order valence-corrected chi connectivity index (χ0v) is 34.3. The van der Waals surface area contributed by atoms with Gasteiger partial charge in [0.2, 0.25) is 0 Å². The third kappa shape index (κ3) is 4.79. The van der Waals surface area contributed by atoms with Gasteiger partial charge >= 0.3 is 0 Å². The van der Waals surface area contributed by atoms with Gasteiger partial charge in [-0.1, -0.05) is 170 Å². The highest BCUT2D eigenvalue weighted by Crippen LogP contribution is 2.62. The molecule has 13 rings (SSSR count). The predicted molar refractivity (Wildman–Crippen MR) is 256 cm³/mol. The summed E-state index contributed by atoms with van der Waals surface area (Å²) in [6, 6.07) is 73.2. The molecule has 1 spiro atoms. The minimum Gasteiger partial charge on any atom is -0.457 e. The number of hydrogen-bond acceptors (Lipinski definition) is 2. The highest BCUT2D eigenvalue weighted by molar-refractivity contribution is 6.17. The topological polar surface area (TPSA) is 26.5 Å². The maximum absolute atomic E-state index is 6.68. The highest BCUT2D eigenvalue weighted by atomic mass is 16.5. The third-order valence-electron chi connectivity index (χ3n) is 13.7. The second-order valence-corrected chi connectivity index (χ2v) is 16.8. The van der Waals surface area contributed by atoms with Crippen molar-refractivity contribution in [3.63, 3.8) is 0 Å². The molecule has 62 heavy (non-hydrogen) atoms. The minimum atomic E-state index is -0.560. The van der Waals surface area contributed by atoms with Crippen molar-refractivity contribution in [2.45, 2.75) is 25.2 Å². The van der Waals surface area contributed by atoms with Crippen molar-refractivity contribution >= 4 is 49.6 Å². The van der Waals surface area contributed by atoms with E-state index in [-0.39, 0.29) is 0 Å². The number of hydrogen-bond donors (Lipinski definition) is 0. The number of benzene rings is 9. The summed E-state index contributed by atoms with van der Waals surface area (Å²) >= 11 is 0. The Balaban J connectivity index is 1.07. The molecule has 3 nitrogen and oxygen atoms in total. The van der Waals surface area contributed by atoms with Gasteiger partial charge in [-0.3, -0.25) is 4.99 Å². The Bertz CT molecular complexity index is 3520. The van der Waals surface area contributed by atoms with E-state index >= 15 is 0 Å². The number of aromatic nitrogens is 1. The first-order valence-corrected chi connectivity index (χ1v) is 21.7. The van der Waals surface area contributed by atoms with Crippen LogP contribution in [0.3, 0.4) is 0 Å². The Hall–Kier alpha value is -7.75. The molecule has 9 aromatic carbocycles. The molecule has 0 radical (unpaired) electrons. The SMILES string of the molecule is CCC1=C(c2ccccc2)c2ccccc2N=C(c2ccc(-n3c4ccccc4c4cc5c(cc43)C3(c4ccccc4Oc4ccccc43)c3ccccc3-5)c3ccccc23)C1. The Morgan fingerprint density at radius 2 is 1.11 bits per heavy atom. The van der Waals surface area contributed by atoms with Crippen LogP contribution in [-0.4, -0.2) is 10.3 Å². The number of rotatable bonds is 4. The van der Waals surface area contributed by atoms with Gasteiger partial charge < -0.3 is 9.30 Å². The highest BCUT2D eigenvalue weighted by Gasteiger charge is 2.51. The number of nitrogens with zero attached hydrogens (tertiary/aromatic N) is 2. The normalized spacial score (nSPS) is 14.5. The van der Waals surface area contributed by atoms with Crippen LogP contribution in [0.5, 0.6) is 11.5 Å². The predicted octanol–water partition coefficient (Wildman–Crippen LogP) is 15.1. The van der Waals surface area contributed by atoms with Gasteiger partial charge in [0.25, 0.3) is 0 Å². The molecule has 0 N–H and O–H groups in total. The van der Waals surface area contributed by atoms with Crippen LogP contribution in [0.4, 0.5) is 5.69 Å². The standard InChI is InChI=1S/C59H40N2O/c1-2-37-34-52(60-51-28-14-9-24-44(51)58(37)38-18-4-3-5-19-38)41-32-33-54(42-22-7-6-20-39(41)42)61-53-29-15-10-23-43(53)46-35-45-40-21-8-11-25-47(40)59(50(45)36-55(46)61)48-26-12-16-30-56(48)62-57-31-17-13-27-49(57)59/h3-33,35-36H,2,34H2,1H3. The number of allylic oxidation sites excluding steroid dienone is 1. The van der Waals surface area contributed by atoms with Crippen molar-refractivity contribution in [3.8, 4) is 28.3 Å². The monoisotopic (exact) mass is 792 g/mol. The molecule has 10 aromatic rings. The second-order valence-electron chi connectivity index (χ2n) is 16.8. The van der Waals surface area contributed by atoms with Gasteiger partial charge in [-0.2, -0.15) is 0 Å². The fourth-order valence-electron chi connectivity index (χ4n) is 11.2. The molecule has 0 fully saturated rings. The van der Waals surface area contributed by atoms with Crippen molar-refractivity contribution < 1.29 is 4.74 Å². The smallest absolute Gasteiger partial charge is 0.132 e. The molecule has 3 heterocycles. The zero-order valence-electron chi connectivity index (χ0n) is 34.3. The summed E-state index contributed by atoms with van der Waals surface area (Å²) in [7, 11) is 0. The summed E-state index contributed by atoms with van der Waals surface area (Å²) in [5.41, 5.74) is 18.8. The van der Waals surface area contributed by atoms with Gasteiger partial charge in [0.05, 0.1) is 33.5 Å². The Kier molecular flexibility index (Phi) is 7.56. The Morgan fingerprint density at radius 1 is 0.484 bits per heavy atom. The maximum atomic E-state index is 6.68. The van der Waals surface area contributed by atoms with E-state index in [1.165, 1.54) is 93.8 Å². The second kappa shape index (κ2) is 13.4. The fraction of sp³-hybridized carbons (Fsp3) is 0.0678. The van der Waals surface area contributed by atoms with Gasteiger partial charge in [0.15, 0.2) is 0 Å². The lowest BCUT2D eigenvalue weighted by Gasteiger charge is -2.39. The van der Waals surface area contributed by atoms with Gasteiger partial charge in [0.1, 0.15) is 11.5 Å². The Labute approximate surface area is 360 Å². The average Bonchev–Trinajstić information content (AvgIpc) is 3.73. The quantitative estimate of drug-likeness (QED) is 0.174. The molecule has 0 amide bonds. The van der Waals surface area contributed by atoms with Crippen LogP contribution < -0.4 is 4.74 Å². The first kappa shape index (κ1) is 35.0. The van der Waals surface area contributed by atoms with E-state index in [1.807, 2.05) is 0 Å². The molecule has 0 saturated heterocycles. The van der Waals surface area contributed by atoms with Crippen molar-refractivity contribution in [3.05, 3.63) is 245 Å². The van der Waals surface area contributed by atoms with Crippen molar-refractivity contribution in [2.75, 3.05) is 0 Å². The molecule has 0 bridgehead atoms. The van der Waals surface area contributed by atoms with E-state index in [0.29, 0.717) is 0 Å². The van der Waals surface area contributed by atoms with Crippen LogP contribution >= 0.6 is 0 Å². The maximum Gasteiger partial charge on any atom is 0.132 e. The van der Waals surface area contributed by atoms with E-state index in [4.69, 9.17) is 9.73 Å². The van der Waals surface area contributed by atoms with Gasteiger partial charge in [-0.05, 0) is 87.7 Å². The first-order valence-electron chi connectivity index (χ1n) is 21.7. The average molecular weight is 793 g/mol. The van der Waals surface area contributed by atoms with E-state index in [0.717, 1.165) is 41.4 Å². The van der Waals surface area contributed by atoms with Crippen LogP contribution in [0.25, 0.3) is 55.0 Å². The van der Waals surface area contributed by atoms with Crippen LogP contribution in [-0.2, 0) is 5.41 Å². The summed E-state index contributed by atoms with van der Waals surface area (Å²) in [6.45, 7) is 2.28. The minimum absolute atomic E-state index is 0.560. The lowest BCUT2D eigenvalue weighted by atomic mass is 9.66. The molecule has 2 aliphatic heterocycles. The van der Waals surface area contributed by atoms with E-state index in [1.54, 1.807) is 0 Å². The number of fused-ring (bicyclic) bond motifs is 14. The molecular formula is C59H40N2O. The molecule has 292 valence electrons. The molecular weight excluding hydrogens is 753 g/mol. The molecule has 3 aliphatic rings. The van der Waals surface area contributed by atoms with Gasteiger partial charge in [-0.15, -0.1) is 0 Å². The lowest BCUT2D eigenvalue weighted by Crippen LogP contribution is -2.32. The molecule has 0 atom stereocenters. The van der Waals surface area contributed by atoms with E-state index < -0.39 is 5.41 Å². The lowest BCUT2D eigenvalue weighted by molar-refractivity contribution is 0.436. The number of aliphatic imine (C=N–C) groups is 1. The molecule has 1 aromatic heterocycles. The first-order chi connectivity index (χ1) is 30.7. The third-order valence-corrected chi connectivity index (χ3v) is 13.7. The number of para-hydroxylation sites is 4. The van der Waals surface area contributed by atoms with Crippen molar-refractivity contribution in [2.24, 2.45) is 4.99 Å². The van der Waals surface area contributed by atoms with E-state index in [2.05, 4.69) is 212 Å². The summed E-state index contributed by atoms with van der Waals surface area (Å²) < 4.78 is 9.20. The summed E-state index contributed by atoms with van der Waals surface area (Å²) in [5, 5.41) is 4.87. The summed E-state index contributed by atoms with van der Waals surface area (Å²) in [4.78, 5) is 5.53. The van der Waals surface area contributed by atoms with Gasteiger partial charge in [0, 0.05) is 44.8 Å². The van der Waals surface area contributed by atoms with Crippen LogP contribution in [0.2, 0.25) is 0 Å². The van der Waals surface area contributed by atoms with Crippen molar-refractivity contribution in [1.29, 1.82) is 0 Å². The van der Waals surface area contributed by atoms with Gasteiger partial charge in [-0.25, -0.2) is 0 Å². The summed E-state index contributed by atoms with van der Waals surface area (Å²) in [6.07, 6.45) is 1.71. The largest absolute Gasteiger partial charge is 0.457 e. The summed E-state index contributed by atoms with van der Waals surface area (Å²) in [5.74, 6) is 1.80. The molecule has 1 aliphatic carbocycles. The Morgan fingerprint density at radius 3 is 1.89 bits per heavy atom.